The second-order valence-corrected chi connectivity index (χ2v) is 10.3. The van der Waals surface area contributed by atoms with E-state index in [0.717, 1.165) is 27.6 Å². The van der Waals surface area contributed by atoms with Crippen molar-refractivity contribution < 1.29 is 23.9 Å². The molecule has 3 amide bonds. The van der Waals surface area contributed by atoms with Crippen LogP contribution in [0, 0.1) is 5.92 Å². The Balaban J connectivity index is 1.34. The molecule has 40 heavy (non-hydrogen) atoms. The van der Waals surface area contributed by atoms with E-state index < -0.39 is 5.92 Å². The van der Waals surface area contributed by atoms with Gasteiger partial charge in [0.2, 0.25) is 11.8 Å². The molecule has 8 heteroatoms. The SMILES string of the molecule is COc1ccc(CN2C(=O)C(CC(=O)NCc3cccc4ccccc34)CC(C(=O)N3CCOCC3)=C2C)cc1. The van der Waals surface area contributed by atoms with E-state index in [1.807, 2.05) is 73.7 Å². The van der Waals surface area contributed by atoms with Gasteiger partial charge in [-0.1, -0.05) is 54.6 Å². The molecule has 5 rings (SSSR count). The number of carbonyl (C=O) groups is 3. The van der Waals surface area contributed by atoms with Crippen LogP contribution in [0.4, 0.5) is 0 Å². The number of hydrogen-bond acceptors (Lipinski definition) is 5. The van der Waals surface area contributed by atoms with Gasteiger partial charge < -0.3 is 24.6 Å². The van der Waals surface area contributed by atoms with Crippen LogP contribution in [0.1, 0.15) is 30.9 Å². The second-order valence-electron chi connectivity index (χ2n) is 10.3. The van der Waals surface area contributed by atoms with Gasteiger partial charge in [0.25, 0.3) is 5.91 Å². The number of carbonyl (C=O) groups excluding carboxylic acids is 3. The summed E-state index contributed by atoms with van der Waals surface area (Å²) in [6.07, 6.45) is 0.248. The zero-order valence-corrected chi connectivity index (χ0v) is 23.0. The summed E-state index contributed by atoms with van der Waals surface area (Å²) >= 11 is 0. The molecule has 208 valence electrons. The number of fused-ring (bicyclic) bond motifs is 1. The third-order valence-corrected chi connectivity index (χ3v) is 7.75. The number of amides is 3. The van der Waals surface area contributed by atoms with Gasteiger partial charge in [0.15, 0.2) is 0 Å². The molecule has 0 radical (unpaired) electrons. The van der Waals surface area contributed by atoms with Gasteiger partial charge >= 0.3 is 0 Å². The third kappa shape index (κ3) is 6.02. The number of allylic oxidation sites excluding steroid dienone is 1. The number of morpholine rings is 1. The fourth-order valence-electron chi connectivity index (χ4n) is 5.44. The molecule has 0 spiro atoms. The van der Waals surface area contributed by atoms with Gasteiger partial charge in [0.05, 0.1) is 32.8 Å². The minimum atomic E-state index is -0.630. The first kappa shape index (κ1) is 27.4. The van der Waals surface area contributed by atoms with E-state index in [2.05, 4.69) is 5.32 Å². The molecular formula is C32H35N3O5. The Morgan fingerprint density at radius 3 is 2.48 bits per heavy atom. The zero-order valence-electron chi connectivity index (χ0n) is 23.0. The average Bonchev–Trinajstić information content (AvgIpc) is 3.00. The van der Waals surface area contributed by atoms with Crippen LogP contribution < -0.4 is 10.1 Å². The summed E-state index contributed by atoms with van der Waals surface area (Å²) in [5.41, 5.74) is 3.15. The molecular weight excluding hydrogens is 506 g/mol. The number of rotatable bonds is 8. The molecule has 8 nitrogen and oxygen atoms in total. The van der Waals surface area contributed by atoms with Gasteiger partial charge in [-0.25, -0.2) is 0 Å². The van der Waals surface area contributed by atoms with Crippen molar-refractivity contribution in [2.75, 3.05) is 33.4 Å². The maximum absolute atomic E-state index is 13.7. The normalized spacial score (nSPS) is 17.8. The lowest BCUT2D eigenvalue weighted by atomic mass is 9.88. The molecule has 2 heterocycles. The first-order chi connectivity index (χ1) is 19.4. The second kappa shape index (κ2) is 12.3. The summed E-state index contributed by atoms with van der Waals surface area (Å²) < 4.78 is 10.7. The van der Waals surface area contributed by atoms with Crippen molar-refractivity contribution in [3.8, 4) is 5.75 Å². The van der Waals surface area contributed by atoms with E-state index in [4.69, 9.17) is 9.47 Å². The Kier molecular flexibility index (Phi) is 8.45. The highest BCUT2D eigenvalue weighted by molar-refractivity contribution is 5.98. The quantitative estimate of drug-likeness (QED) is 0.465. The minimum Gasteiger partial charge on any atom is -0.497 e. The van der Waals surface area contributed by atoms with Gasteiger partial charge in [0.1, 0.15) is 5.75 Å². The van der Waals surface area contributed by atoms with Crippen LogP contribution in [0.2, 0.25) is 0 Å². The molecule has 0 bridgehead atoms. The highest BCUT2D eigenvalue weighted by atomic mass is 16.5. The lowest BCUT2D eigenvalue weighted by molar-refractivity contribution is -0.139. The van der Waals surface area contributed by atoms with Crippen LogP contribution in [0.25, 0.3) is 10.8 Å². The lowest BCUT2D eigenvalue weighted by Crippen LogP contribution is -2.46. The molecule has 2 aliphatic rings. The fraction of sp³-hybridized carbons (Fsp3) is 0.344. The maximum atomic E-state index is 13.7. The van der Waals surface area contributed by atoms with Crippen molar-refractivity contribution in [2.45, 2.75) is 32.9 Å². The number of nitrogens with zero attached hydrogens (tertiary/aromatic N) is 2. The topological polar surface area (TPSA) is 88.2 Å². The van der Waals surface area contributed by atoms with Crippen molar-refractivity contribution in [3.63, 3.8) is 0 Å². The Labute approximate surface area is 234 Å². The number of benzene rings is 3. The first-order valence-electron chi connectivity index (χ1n) is 13.7. The Morgan fingerprint density at radius 1 is 1.00 bits per heavy atom. The number of nitrogens with one attached hydrogen (secondary N) is 1. The predicted octanol–water partition coefficient (Wildman–Crippen LogP) is 4.04. The highest BCUT2D eigenvalue weighted by Gasteiger charge is 2.38. The lowest BCUT2D eigenvalue weighted by Gasteiger charge is -2.37. The monoisotopic (exact) mass is 541 g/mol. The highest BCUT2D eigenvalue weighted by Crippen LogP contribution is 2.32. The smallest absolute Gasteiger partial charge is 0.251 e. The van der Waals surface area contributed by atoms with Gasteiger partial charge in [0, 0.05) is 37.3 Å². The van der Waals surface area contributed by atoms with Crippen LogP contribution in [-0.4, -0.2) is 60.9 Å². The van der Waals surface area contributed by atoms with E-state index in [0.29, 0.717) is 50.7 Å². The summed E-state index contributed by atoms with van der Waals surface area (Å²) in [6.45, 7) is 4.51. The molecule has 0 saturated carbocycles. The van der Waals surface area contributed by atoms with E-state index in [1.54, 1.807) is 16.9 Å². The van der Waals surface area contributed by atoms with Crippen LogP contribution in [0.5, 0.6) is 5.75 Å². The maximum Gasteiger partial charge on any atom is 0.251 e. The molecule has 1 N–H and O–H groups in total. The van der Waals surface area contributed by atoms with Crippen molar-refractivity contribution in [1.82, 2.24) is 15.1 Å². The van der Waals surface area contributed by atoms with Crippen LogP contribution in [0.15, 0.2) is 78.0 Å². The molecule has 3 aromatic rings. The van der Waals surface area contributed by atoms with Crippen LogP contribution in [0.3, 0.4) is 0 Å². The summed E-state index contributed by atoms with van der Waals surface area (Å²) in [6, 6.07) is 21.6. The molecule has 1 saturated heterocycles. The van der Waals surface area contributed by atoms with E-state index in [-0.39, 0.29) is 30.6 Å². The average molecular weight is 542 g/mol. The van der Waals surface area contributed by atoms with E-state index >= 15 is 0 Å². The molecule has 3 aromatic carbocycles. The van der Waals surface area contributed by atoms with Crippen LogP contribution >= 0.6 is 0 Å². The van der Waals surface area contributed by atoms with Gasteiger partial charge in [-0.3, -0.25) is 14.4 Å². The van der Waals surface area contributed by atoms with Crippen molar-refractivity contribution in [1.29, 1.82) is 0 Å². The number of hydrogen-bond donors (Lipinski definition) is 1. The fourth-order valence-corrected chi connectivity index (χ4v) is 5.44. The first-order valence-corrected chi connectivity index (χ1v) is 13.7. The molecule has 1 atom stereocenters. The number of ether oxygens (including phenoxy) is 2. The van der Waals surface area contributed by atoms with Crippen molar-refractivity contribution in [2.24, 2.45) is 5.92 Å². The third-order valence-electron chi connectivity index (χ3n) is 7.75. The van der Waals surface area contributed by atoms with Crippen LogP contribution in [-0.2, 0) is 32.2 Å². The Morgan fingerprint density at radius 2 is 1.73 bits per heavy atom. The minimum absolute atomic E-state index is 0.00980. The Hall–Kier alpha value is -4.17. The number of methoxy groups -OCH3 is 1. The molecule has 1 unspecified atom stereocenters. The van der Waals surface area contributed by atoms with Gasteiger partial charge in [-0.05, 0) is 47.4 Å². The van der Waals surface area contributed by atoms with Crippen molar-refractivity contribution >= 4 is 28.5 Å². The predicted molar refractivity (Wildman–Crippen MR) is 152 cm³/mol. The summed E-state index contributed by atoms with van der Waals surface area (Å²) in [5.74, 6) is -0.353. The zero-order chi connectivity index (χ0) is 28.1. The van der Waals surface area contributed by atoms with E-state index in [9.17, 15) is 14.4 Å². The Bertz CT molecular complexity index is 1420. The summed E-state index contributed by atoms with van der Waals surface area (Å²) in [5, 5.41) is 5.20. The molecule has 1 fully saturated rings. The summed E-state index contributed by atoms with van der Waals surface area (Å²) in [4.78, 5) is 43.9. The molecule has 0 aromatic heterocycles. The summed E-state index contributed by atoms with van der Waals surface area (Å²) in [7, 11) is 1.61. The standard InChI is InChI=1S/C32H35N3O5/c1-22-29(32(38)34-14-16-40-17-15-34)18-26(31(37)35(22)21-23-10-12-27(39-2)13-11-23)19-30(36)33-20-25-8-5-7-24-6-3-4-9-28(24)25/h3-13,26H,14-21H2,1-2H3,(H,33,36). The van der Waals surface area contributed by atoms with Gasteiger partial charge in [-0.15, -0.1) is 0 Å². The van der Waals surface area contributed by atoms with Crippen molar-refractivity contribution in [3.05, 3.63) is 89.1 Å². The molecule has 0 aliphatic carbocycles. The largest absolute Gasteiger partial charge is 0.497 e. The van der Waals surface area contributed by atoms with E-state index in [1.165, 1.54) is 0 Å². The van der Waals surface area contributed by atoms with Gasteiger partial charge in [-0.2, -0.15) is 0 Å². The molecule has 2 aliphatic heterocycles.